The Bertz CT molecular complexity index is 710. The van der Waals surface area contributed by atoms with Gasteiger partial charge in [0.05, 0.1) is 11.1 Å². The molecule has 2 rings (SSSR count). The summed E-state index contributed by atoms with van der Waals surface area (Å²) in [4.78, 5) is 3.45. The summed E-state index contributed by atoms with van der Waals surface area (Å²) < 4.78 is 24.6. The first-order valence-electron chi connectivity index (χ1n) is 6.06. The monoisotopic (exact) mass is 308 g/mol. The number of benzene rings is 1. The van der Waals surface area contributed by atoms with Crippen LogP contribution in [0.5, 0.6) is 0 Å². The van der Waals surface area contributed by atoms with Crippen molar-refractivity contribution in [2.24, 2.45) is 5.10 Å². The Labute approximate surface area is 123 Å². The molecule has 0 unspecified atom stereocenters. The number of nitrogens with zero attached hydrogens (tertiary/aromatic N) is 1. The molecule has 0 aliphatic carbocycles. The van der Waals surface area contributed by atoms with Crippen LogP contribution in [-0.2, 0) is 10.0 Å². The number of rotatable bonds is 4. The van der Waals surface area contributed by atoms with Gasteiger partial charge in [-0.3, -0.25) is 0 Å². The molecule has 0 radical (unpaired) electrons. The molecule has 0 spiro atoms. The van der Waals surface area contributed by atoms with E-state index in [1.165, 1.54) is 17.6 Å². The van der Waals surface area contributed by atoms with Crippen molar-refractivity contribution >= 4 is 27.6 Å². The molecule has 106 valence electrons. The van der Waals surface area contributed by atoms with Crippen LogP contribution in [0.4, 0.5) is 0 Å². The summed E-state index contributed by atoms with van der Waals surface area (Å²) in [5, 5.41) is 5.72. The summed E-state index contributed by atoms with van der Waals surface area (Å²) in [5.74, 6) is 0. The third kappa shape index (κ3) is 3.26. The van der Waals surface area contributed by atoms with Crippen molar-refractivity contribution in [2.75, 3.05) is 0 Å². The zero-order valence-electron chi connectivity index (χ0n) is 11.5. The van der Waals surface area contributed by atoms with Gasteiger partial charge in [0.2, 0.25) is 0 Å². The smallest absolute Gasteiger partial charge is 0.200 e. The zero-order valence-corrected chi connectivity index (χ0v) is 13.2. The highest BCUT2D eigenvalue weighted by molar-refractivity contribution is 7.89. The molecule has 0 bridgehead atoms. The molecule has 1 aromatic heterocycles. The molecule has 1 aromatic carbocycles. The summed E-state index contributed by atoms with van der Waals surface area (Å²) in [6.45, 7) is 5.52. The van der Waals surface area contributed by atoms with Crippen molar-refractivity contribution in [1.29, 1.82) is 0 Å². The van der Waals surface area contributed by atoms with Crippen molar-refractivity contribution in [3.05, 3.63) is 51.2 Å². The average Bonchev–Trinajstić information content (AvgIpc) is 2.79. The molecular formula is C14H16N2O2S2. The Balaban J connectivity index is 2.27. The van der Waals surface area contributed by atoms with E-state index in [1.54, 1.807) is 13.8 Å². The van der Waals surface area contributed by atoms with Gasteiger partial charge in [0.25, 0.3) is 10.0 Å². The average molecular weight is 308 g/mol. The Morgan fingerprint density at radius 2 is 1.85 bits per heavy atom. The van der Waals surface area contributed by atoms with Gasteiger partial charge in [-0.25, -0.2) is 4.83 Å². The van der Waals surface area contributed by atoms with E-state index in [0.29, 0.717) is 4.90 Å². The van der Waals surface area contributed by atoms with Crippen LogP contribution in [0.3, 0.4) is 0 Å². The Kier molecular flexibility index (Phi) is 4.25. The number of sulfonamides is 1. The third-order valence-electron chi connectivity index (χ3n) is 2.78. The van der Waals surface area contributed by atoms with Crippen molar-refractivity contribution in [3.63, 3.8) is 0 Å². The number of nitrogens with one attached hydrogen (secondary N) is 1. The molecule has 0 aliphatic heterocycles. The van der Waals surface area contributed by atoms with Crippen LogP contribution < -0.4 is 4.83 Å². The lowest BCUT2D eigenvalue weighted by Gasteiger charge is -2.11. The van der Waals surface area contributed by atoms with Crippen LogP contribution >= 0.6 is 11.3 Å². The highest BCUT2D eigenvalue weighted by Gasteiger charge is 2.18. The molecule has 20 heavy (non-hydrogen) atoms. The summed E-state index contributed by atoms with van der Waals surface area (Å²) >= 11 is 1.49. The third-order valence-corrected chi connectivity index (χ3v) is 5.12. The maximum atomic E-state index is 12.3. The molecule has 4 nitrogen and oxygen atoms in total. The molecule has 0 atom stereocenters. The standard InChI is InChI=1S/C14H16N2O2S2/c1-10-7-11(2)14(12(3)8-10)20(17,18)16-15-9-13-5-4-6-19-13/h4-9,16H,1-3H3/b15-9+. The van der Waals surface area contributed by atoms with Crippen LogP contribution in [0.15, 0.2) is 39.6 Å². The van der Waals surface area contributed by atoms with Crippen molar-refractivity contribution < 1.29 is 8.42 Å². The second-order valence-electron chi connectivity index (χ2n) is 4.60. The van der Waals surface area contributed by atoms with E-state index in [4.69, 9.17) is 0 Å². The van der Waals surface area contributed by atoms with Crippen LogP contribution in [0.25, 0.3) is 0 Å². The Morgan fingerprint density at radius 3 is 2.40 bits per heavy atom. The number of thiophene rings is 1. The lowest BCUT2D eigenvalue weighted by Crippen LogP contribution is -2.20. The van der Waals surface area contributed by atoms with Gasteiger partial charge < -0.3 is 0 Å². The fourth-order valence-electron chi connectivity index (χ4n) is 2.16. The van der Waals surface area contributed by atoms with Crippen LogP contribution in [-0.4, -0.2) is 14.6 Å². The minimum absolute atomic E-state index is 0.298. The van der Waals surface area contributed by atoms with Crippen molar-refractivity contribution in [2.45, 2.75) is 25.7 Å². The molecular weight excluding hydrogens is 292 g/mol. The Hall–Kier alpha value is -1.66. The second-order valence-corrected chi connectivity index (χ2v) is 7.17. The fraction of sp³-hybridized carbons (Fsp3) is 0.214. The molecule has 0 fully saturated rings. The molecule has 0 saturated heterocycles. The predicted molar refractivity (Wildman–Crippen MR) is 82.9 cm³/mol. The highest BCUT2D eigenvalue weighted by Crippen LogP contribution is 2.21. The van der Waals surface area contributed by atoms with Crippen molar-refractivity contribution in [3.8, 4) is 0 Å². The lowest BCUT2D eigenvalue weighted by molar-refractivity contribution is 0.583. The summed E-state index contributed by atoms with van der Waals surface area (Å²) in [6, 6.07) is 7.45. The van der Waals surface area contributed by atoms with Gasteiger partial charge >= 0.3 is 0 Å². The lowest BCUT2D eigenvalue weighted by atomic mass is 10.1. The maximum Gasteiger partial charge on any atom is 0.277 e. The van der Waals surface area contributed by atoms with E-state index in [1.807, 2.05) is 36.6 Å². The van der Waals surface area contributed by atoms with E-state index in [-0.39, 0.29) is 0 Å². The van der Waals surface area contributed by atoms with Crippen molar-refractivity contribution in [1.82, 2.24) is 4.83 Å². The number of hydrazone groups is 1. The van der Waals surface area contributed by atoms with Gasteiger partial charge in [-0.1, -0.05) is 23.8 Å². The van der Waals surface area contributed by atoms with E-state index < -0.39 is 10.0 Å². The fourth-order valence-corrected chi connectivity index (χ4v) is 3.99. The first-order valence-corrected chi connectivity index (χ1v) is 8.42. The normalized spacial score (nSPS) is 11.9. The predicted octanol–water partition coefficient (Wildman–Crippen LogP) is 2.99. The van der Waals surface area contributed by atoms with Crippen LogP contribution in [0, 0.1) is 20.8 Å². The molecule has 0 amide bonds. The number of aryl methyl sites for hydroxylation is 3. The molecule has 0 saturated carbocycles. The molecule has 1 N–H and O–H groups in total. The number of hydrogen-bond acceptors (Lipinski definition) is 4. The van der Waals surface area contributed by atoms with Gasteiger partial charge in [-0.2, -0.15) is 13.5 Å². The molecule has 0 aliphatic rings. The van der Waals surface area contributed by atoms with Crippen LogP contribution in [0.2, 0.25) is 0 Å². The minimum atomic E-state index is -3.63. The summed E-state index contributed by atoms with van der Waals surface area (Å²) in [5.41, 5.74) is 2.49. The van der Waals surface area contributed by atoms with Gasteiger partial charge in [-0.05, 0) is 43.3 Å². The first-order chi connectivity index (χ1) is 9.40. The quantitative estimate of drug-likeness (QED) is 0.697. The minimum Gasteiger partial charge on any atom is -0.200 e. The van der Waals surface area contributed by atoms with Crippen LogP contribution in [0.1, 0.15) is 21.6 Å². The molecule has 6 heteroatoms. The first kappa shape index (κ1) is 14.7. The SMILES string of the molecule is Cc1cc(C)c(S(=O)(=O)N/N=C/c2cccs2)c(C)c1. The Morgan fingerprint density at radius 1 is 1.20 bits per heavy atom. The highest BCUT2D eigenvalue weighted by atomic mass is 32.2. The maximum absolute atomic E-state index is 12.3. The largest absolute Gasteiger partial charge is 0.277 e. The molecule has 2 aromatic rings. The van der Waals surface area contributed by atoms with E-state index in [2.05, 4.69) is 9.93 Å². The van der Waals surface area contributed by atoms with E-state index in [0.717, 1.165) is 21.6 Å². The van der Waals surface area contributed by atoms with Gasteiger partial charge in [-0.15, -0.1) is 11.3 Å². The second kappa shape index (κ2) is 5.76. The summed E-state index contributed by atoms with van der Waals surface area (Å²) in [6.07, 6.45) is 1.50. The number of hydrogen-bond donors (Lipinski definition) is 1. The molecule has 1 heterocycles. The van der Waals surface area contributed by atoms with E-state index in [9.17, 15) is 8.42 Å². The van der Waals surface area contributed by atoms with Gasteiger partial charge in [0.1, 0.15) is 0 Å². The summed E-state index contributed by atoms with van der Waals surface area (Å²) in [7, 11) is -3.63. The zero-order chi connectivity index (χ0) is 14.8. The van der Waals surface area contributed by atoms with Gasteiger partial charge in [0.15, 0.2) is 0 Å². The van der Waals surface area contributed by atoms with Gasteiger partial charge in [0, 0.05) is 4.88 Å². The topological polar surface area (TPSA) is 58.5 Å². The van der Waals surface area contributed by atoms with E-state index >= 15 is 0 Å².